The van der Waals surface area contributed by atoms with Crippen LogP contribution in [-0.2, 0) is 22.4 Å². The number of ketones is 1. The molecule has 4 rings (SSSR count). The first-order chi connectivity index (χ1) is 15.5. The second-order valence-corrected chi connectivity index (χ2v) is 8.77. The molecule has 0 bridgehead atoms. The Labute approximate surface area is 200 Å². The van der Waals surface area contributed by atoms with Crippen molar-refractivity contribution in [3.8, 4) is 0 Å². The van der Waals surface area contributed by atoms with Gasteiger partial charge in [0.15, 0.2) is 0 Å². The molecule has 4 nitrogen and oxygen atoms in total. The standard InChI is InChI=1S/C26H20BrClN2O2/c27-20-8-11-23-19(16-20)15-18(7-4-17-5-9-21(28)10-6-17)24(23)25(31)26(32)30-14-12-22-3-1-2-13-29-22/h1-11,13,16H,12,14-15H2,(H,30,32)/b7-4+. The van der Waals surface area contributed by atoms with Crippen molar-refractivity contribution in [1.29, 1.82) is 0 Å². The molecule has 1 N–H and O–H groups in total. The van der Waals surface area contributed by atoms with Gasteiger partial charge in [-0.2, -0.15) is 0 Å². The fraction of sp³-hybridized carbons (Fsp3) is 0.115. The molecule has 160 valence electrons. The Morgan fingerprint density at radius 3 is 2.62 bits per heavy atom. The fourth-order valence-electron chi connectivity index (χ4n) is 3.64. The largest absolute Gasteiger partial charge is 0.349 e. The number of carbonyl (C=O) groups excluding carboxylic acids is 2. The van der Waals surface area contributed by atoms with Crippen molar-refractivity contribution in [2.75, 3.05) is 6.54 Å². The van der Waals surface area contributed by atoms with Gasteiger partial charge >= 0.3 is 0 Å². The number of benzene rings is 2. The molecule has 1 heterocycles. The summed E-state index contributed by atoms with van der Waals surface area (Å²) in [6.07, 6.45) is 6.69. The molecule has 0 radical (unpaired) electrons. The van der Waals surface area contributed by atoms with Gasteiger partial charge in [-0.3, -0.25) is 14.6 Å². The van der Waals surface area contributed by atoms with Crippen LogP contribution in [0.4, 0.5) is 0 Å². The van der Waals surface area contributed by atoms with Crippen molar-refractivity contribution in [3.63, 3.8) is 0 Å². The lowest BCUT2D eigenvalue weighted by atomic mass is 10.00. The second-order valence-electron chi connectivity index (χ2n) is 7.42. The molecule has 0 aliphatic heterocycles. The van der Waals surface area contributed by atoms with E-state index in [0.29, 0.717) is 30.0 Å². The van der Waals surface area contributed by atoms with Gasteiger partial charge < -0.3 is 5.32 Å². The highest BCUT2D eigenvalue weighted by molar-refractivity contribution is 9.10. The summed E-state index contributed by atoms with van der Waals surface area (Å²) in [7, 11) is 0. The number of allylic oxidation sites excluding steroid dienone is 2. The number of halogens is 2. The summed E-state index contributed by atoms with van der Waals surface area (Å²) >= 11 is 9.45. The lowest BCUT2D eigenvalue weighted by molar-refractivity contribution is -0.134. The number of hydrogen-bond donors (Lipinski definition) is 1. The smallest absolute Gasteiger partial charge is 0.292 e. The molecular weight excluding hydrogens is 488 g/mol. The zero-order chi connectivity index (χ0) is 22.5. The Bertz CT molecular complexity index is 1220. The highest BCUT2D eigenvalue weighted by Gasteiger charge is 2.29. The van der Waals surface area contributed by atoms with E-state index in [4.69, 9.17) is 11.6 Å². The molecule has 0 fully saturated rings. The number of pyridine rings is 1. The summed E-state index contributed by atoms with van der Waals surface area (Å²) in [4.78, 5) is 30.1. The van der Waals surface area contributed by atoms with Gasteiger partial charge in [0.25, 0.3) is 11.7 Å². The maximum Gasteiger partial charge on any atom is 0.292 e. The van der Waals surface area contributed by atoms with E-state index >= 15 is 0 Å². The van der Waals surface area contributed by atoms with Crippen LogP contribution in [-0.4, -0.2) is 23.2 Å². The summed E-state index contributed by atoms with van der Waals surface area (Å²) in [5, 5.41) is 3.40. The van der Waals surface area contributed by atoms with Crippen LogP contribution in [0.15, 0.2) is 83.0 Å². The van der Waals surface area contributed by atoms with Crippen molar-refractivity contribution in [3.05, 3.63) is 110 Å². The van der Waals surface area contributed by atoms with Gasteiger partial charge in [-0.25, -0.2) is 0 Å². The first kappa shape index (κ1) is 22.2. The van der Waals surface area contributed by atoms with E-state index in [9.17, 15) is 9.59 Å². The van der Waals surface area contributed by atoms with Crippen LogP contribution in [0.25, 0.3) is 11.6 Å². The lowest BCUT2D eigenvalue weighted by Crippen LogP contribution is -2.33. The normalized spacial score (nSPS) is 12.8. The van der Waals surface area contributed by atoms with Gasteiger partial charge in [0.2, 0.25) is 0 Å². The lowest BCUT2D eigenvalue weighted by Gasteiger charge is -2.08. The molecule has 1 aromatic heterocycles. The molecule has 1 aliphatic carbocycles. The zero-order valence-electron chi connectivity index (χ0n) is 17.1. The third kappa shape index (κ3) is 5.23. The van der Waals surface area contributed by atoms with Crippen molar-refractivity contribution >= 4 is 50.9 Å². The van der Waals surface area contributed by atoms with E-state index in [2.05, 4.69) is 26.2 Å². The van der Waals surface area contributed by atoms with Crippen LogP contribution in [0.5, 0.6) is 0 Å². The maximum atomic E-state index is 13.2. The van der Waals surface area contributed by atoms with E-state index in [1.165, 1.54) is 0 Å². The number of nitrogens with zero attached hydrogens (tertiary/aromatic N) is 1. The van der Waals surface area contributed by atoms with Crippen LogP contribution in [0, 0.1) is 0 Å². The van der Waals surface area contributed by atoms with E-state index in [-0.39, 0.29) is 0 Å². The monoisotopic (exact) mass is 506 g/mol. The van der Waals surface area contributed by atoms with E-state index in [0.717, 1.165) is 32.4 Å². The predicted molar refractivity (Wildman–Crippen MR) is 131 cm³/mol. The summed E-state index contributed by atoms with van der Waals surface area (Å²) in [6, 6.07) is 18.8. The molecule has 1 aliphatic rings. The fourth-order valence-corrected chi connectivity index (χ4v) is 4.18. The number of rotatable bonds is 7. The SMILES string of the molecule is O=C(NCCc1ccccn1)C(=O)C1=C(/C=C/c2ccc(Cl)cc2)Cc2cc(Br)ccc21. The van der Waals surface area contributed by atoms with Gasteiger partial charge in [-0.15, -0.1) is 0 Å². The topological polar surface area (TPSA) is 59.1 Å². The number of carbonyl (C=O) groups is 2. The Kier molecular flexibility index (Phi) is 6.98. The van der Waals surface area contributed by atoms with Crippen molar-refractivity contribution in [1.82, 2.24) is 10.3 Å². The van der Waals surface area contributed by atoms with E-state index in [1.807, 2.05) is 72.8 Å². The Balaban J connectivity index is 1.55. The molecule has 0 saturated carbocycles. The van der Waals surface area contributed by atoms with Crippen LogP contribution in [0.2, 0.25) is 5.02 Å². The molecule has 1 amide bonds. The molecule has 0 atom stereocenters. The third-order valence-electron chi connectivity index (χ3n) is 5.21. The molecule has 0 spiro atoms. The second kappa shape index (κ2) is 10.1. The molecule has 32 heavy (non-hydrogen) atoms. The number of aromatic nitrogens is 1. The molecule has 0 saturated heterocycles. The van der Waals surface area contributed by atoms with Crippen LogP contribution in [0.1, 0.15) is 22.4 Å². The number of hydrogen-bond acceptors (Lipinski definition) is 3. The van der Waals surface area contributed by atoms with Crippen molar-refractivity contribution < 1.29 is 9.59 Å². The highest BCUT2D eigenvalue weighted by atomic mass is 79.9. The summed E-state index contributed by atoms with van der Waals surface area (Å²) < 4.78 is 0.936. The molecule has 0 unspecified atom stereocenters. The van der Waals surface area contributed by atoms with Crippen molar-refractivity contribution in [2.45, 2.75) is 12.8 Å². The minimum absolute atomic E-state index is 0.345. The van der Waals surface area contributed by atoms with Crippen LogP contribution in [0.3, 0.4) is 0 Å². The van der Waals surface area contributed by atoms with Gasteiger partial charge in [0, 0.05) is 39.9 Å². The van der Waals surface area contributed by atoms with Crippen molar-refractivity contribution in [2.24, 2.45) is 0 Å². The summed E-state index contributed by atoms with van der Waals surface area (Å²) in [5.74, 6) is -1.13. The molecular formula is C26H20BrClN2O2. The van der Waals surface area contributed by atoms with Gasteiger partial charge in [0.1, 0.15) is 0 Å². The minimum Gasteiger partial charge on any atom is -0.349 e. The first-order valence-electron chi connectivity index (χ1n) is 10.2. The molecule has 2 aromatic carbocycles. The summed E-state index contributed by atoms with van der Waals surface area (Å²) in [6.45, 7) is 0.345. The number of Topliss-reactive ketones (excluding diaryl/α,β-unsaturated/α-hetero) is 1. The Morgan fingerprint density at radius 1 is 1.06 bits per heavy atom. The van der Waals surface area contributed by atoms with Crippen LogP contribution < -0.4 is 5.32 Å². The summed E-state index contributed by atoms with van der Waals surface area (Å²) in [5.41, 5.74) is 4.91. The molecule has 6 heteroatoms. The van der Waals surface area contributed by atoms with Crippen LogP contribution >= 0.6 is 27.5 Å². The van der Waals surface area contributed by atoms with Gasteiger partial charge in [-0.05, 0) is 65.1 Å². The Morgan fingerprint density at radius 2 is 1.88 bits per heavy atom. The predicted octanol–water partition coefficient (Wildman–Crippen LogP) is 5.45. The van der Waals surface area contributed by atoms with Gasteiger partial charge in [-0.1, -0.05) is 63.9 Å². The average Bonchev–Trinajstić information content (AvgIpc) is 3.16. The molecule has 3 aromatic rings. The number of fused-ring (bicyclic) bond motifs is 1. The third-order valence-corrected chi connectivity index (χ3v) is 5.96. The highest BCUT2D eigenvalue weighted by Crippen LogP contribution is 2.36. The first-order valence-corrected chi connectivity index (χ1v) is 11.4. The average molecular weight is 508 g/mol. The minimum atomic E-state index is -0.607. The quantitative estimate of drug-likeness (QED) is 0.433. The van der Waals surface area contributed by atoms with Gasteiger partial charge in [0.05, 0.1) is 0 Å². The van der Waals surface area contributed by atoms with E-state index < -0.39 is 11.7 Å². The number of amides is 1. The Hall–Kier alpha value is -3.02. The van der Waals surface area contributed by atoms with E-state index in [1.54, 1.807) is 6.20 Å². The zero-order valence-corrected chi connectivity index (χ0v) is 19.5. The number of nitrogens with one attached hydrogen (secondary N) is 1. The maximum absolute atomic E-state index is 13.2.